The first kappa shape index (κ1) is 78.3. The Balaban J connectivity index is 3.26. The SMILES string of the molecule is CCCC/C=C\C/C=C\CCCCCCCC(=O)OCCCCCCCCCCCCCCCCCCCCCCCCCCCCCCCCCCCCCCCCCC(=O)NC(CO)C(O)CCCCCCCCCCCC. The first-order valence-electron chi connectivity index (χ1n) is 36.6. The van der Waals surface area contributed by atoms with Gasteiger partial charge in [0, 0.05) is 12.8 Å². The molecule has 0 spiro atoms. The zero-order valence-corrected chi connectivity index (χ0v) is 54.3. The minimum Gasteiger partial charge on any atom is -0.466 e. The van der Waals surface area contributed by atoms with Crippen molar-refractivity contribution in [3.05, 3.63) is 24.3 Å². The largest absolute Gasteiger partial charge is 0.466 e. The summed E-state index contributed by atoms with van der Waals surface area (Å²) in [4.78, 5) is 24.5. The van der Waals surface area contributed by atoms with Gasteiger partial charge in [-0.25, -0.2) is 0 Å². The predicted octanol–water partition coefficient (Wildman–Crippen LogP) is 23.7. The van der Waals surface area contributed by atoms with Crippen LogP contribution in [-0.4, -0.2) is 47.4 Å². The van der Waals surface area contributed by atoms with Gasteiger partial charge >= 0.3 is 5.97 Å². The number of hydrogen-bond acceptors (Lipinski definition) is 5. The highest BCUT2D eigenvalue weighted by atomic mass is 16.5. The van der Waals surface area contributed by atoms with Gasteiger partial charge in [0.05, 0.1) is 25.4 Å². The predicted molar refractivity (Wildman–Crippen MR) is 352 cm³/mol. The van der Waals surface area contributed by atoms with Crippen LogP contribution in [0.15, 0.2) is 24.3 Å². The second kappa shape index (κ2) is 69.8. The molecule has 0 fully saturated rings. The van der Waals surface area contributed by atoms with Gasteiger partial charge in [0.1, 0.15) is 0 Å². The molecular formula is C74H143NO5. The molecule has 0 aliphatic rings. The molecule has 0 aliphatic carbocycles. The number of nitrogens with one attached hydrogen (secondary N) is 1. The third-order valence-electron chi connectivity index (χ3n) is 17.3. The zero-order chi connectivity index (χ0) is 57.8. The summed E-state index contributed by atoms with van der Waals surface area (Å²) in [5.41, 5.74) is 0. The van der Waals surface area contributed by atoms with Crippen molar-refractivity contribution in [2.75, 3.05) is 13.2 Å². The first-order chi connectivity index (χ1) is 39.5. The number of aliphatic hydroxyl groups excluding tert-OH is 2. The van der Waals surface area contributed by atoms with Crippen molar-refractivity contribution >= 4 is 11.9 Å². The Morgan fingerprint density at radius 1 is 0.350 bits per heavy atom. The molecule has 0 heterocycles. The van der Waals surface area contributed by atoms with E-state index in [1.807, 2.05) is 0 Å². The summed E-state index contributed by atoms with van der Waals surface area (Å²) in [6.07, 6.45) is 88.4. The lowest BCUT2D eigenvalue weighted by molar-refractivity contribution is -0.143. The molecule has 0 saturated carbocycles. The van der Waals surface area contributed by atoms with Crippen LogP contribution in [0.3, 0.4) is 0 Å². The van der Waals surface area contributed by atoms with Crippen molar-refractivity contribution in [1.29, 1.82) is 0 Å². The molecule has 0 aromatic carbocycles. The second-order valence-corrected chi connectivity index (χ2v) is 25.3. The number of allylic oxidation sites excluding steroid dienone is 4. The molecule has 6 nitrogen and oxygen atoms in total. The van der Waals surface area contributed by atoms with Crippen LogP contribution in [0.5, 0.6) is 0 Å². The van der Waals surface area contributed by atoms with Gasteiger partial charge in [0.15, 0.2) is 0 Å². The highest BCUT2D eigenvalue weighted by Crippen LogP contribution is 2.20. The van der Waals surface area contributed by atoms with E-state index >= 15 is 0 Å². The molecule has 1 amide bonds. The van der Waals surface area contributed by atoms with E-state index in [2.05, 4.69) is 43.5 Å². The number of hydrogen-bond donors (Lipinski definition) is 3. The van der Waals surface area contributed by atoms with Crippen molar-refractivity contribution in [3.8, 4) is 0 Å². The van der Waals surface area contributed by atoms with Crippen LogP contribution in [0, 0.1) is 0 Å². The molecule has 0 aromatic heterocycles. The Bertz CT molecular complexity index is 1250. The number of unbranched alkanes of at least 4 members (excludes halogenated alkanes) is 54. The Hall–Kier alpha value is -1.66. The van der Waals surface area contributed by atoms with Crippen molar-refractivity contribution < 1.29 is 24.5 Å². The molecule has 0 aliphatic heterocycles. The van der Waals surface area contributed by atoms with Crippen LogP contribution < -0.4 is 5.32 Å². The molecular weight excluding hydrogens is 983 g/mol. The van der Waals surface area contributed by atoms with Gasteiger partial charge < -0.3 is 20.3 Å². The molecule has 80 heavy (non-hydrogen) atoms. The Kier molecular flexibility index (Phi) is 68.4. The summed E-state index contributed by atoms with van der Waals surface area (Å²) in [6.45, 7) is 4.92. The maximum Gasteiger partial charge on any atom is 0.305 e. The molecule has 0 radical (unpaired) electrons. The molecule has 0 bridgehead atoms. The van der Waals surface area contributed by atoms with Gasteiger partial charge in [-0.1, -0.05) is 372 Å². The maximum atomic E-state index is 12.5. The molecule has 6 heteroatoms. The fourth-order valence-corrected chi connectivity index (χ4v) is 11.7. The average Bonchev–Trinajstić information content (AvgIpc) is 3.46. The number of carbonyl (C=O) groups excluding carboxylic acids is 2. The standard InChI is InChI=1S/C74H143NO5/c1-3-5-7-9-11-13-15-16-45-48-52-56-60-64-68-74(79)80-69-65-61-57-53-49-46-43-41-39-37-35-33-31-29-27-25-23-21-19-17-18-20-22-24-26-28-30-32-34-36-38-40-42-44-47-51-55-59-63-67-73(78)75-71(70-76)72(77)66-62-58-54-50-14-12-10-8-6-4-2/h9,11,15-16,71-72,76-77H,3-8,10,12-14,17-70H2,1-2H3,(H,75,78)/b11-9-,16-15-. The van der Waals surface area contributed by atoms with E-state index in [9.17, 15) is 19.8 Å². The Labute approximate surface area is 501 Å². The normalized spacial score (nSPS) is 12.6. The fourth-order valence-electron chi connectivity index (χ4n) is 11.7. The second-order valence-electron chi connectivity index (χ2n) is 25.3. The number of aliphatic hydroxyl groups is 2. The average molecular weight is 1130 g/mol. The molecule has 0 saturated heterocycles. The number of carbonyl (C=O) groups is 2. The van der Waals surface area contributed by atoms with E-state index in [-0.39, 0.29) is 18.5 Å². The lowest BCUT2D eigenvalue weighted by Crippen LogP contribution is -2.45. The summed E-state index contributed by atoms with van der Waals surface area (Å²) < 4.78 is 5.49. The summed E-state index contributed by atoms with van der Waals surface area (Å²) in [6, 6.07) is -0.534. The smallest absolute Gasteiger partial charge is 0.305 e. The first-order valence-corrected chi connectivity index (χ1v) is 36.6. The minimum absolute atomic E-state index is 0.00977. The number of amides is 1. The van der Waals surface area contributed by atoms with Gasteiger partial charge in [-0.05, 0) is 51.4 Å². The molecule has 2 unspecified atom stereocenters. The monoisotopic (exact) mass is 1130 g/mol. The lowest BCUT2D eigenvalue weighted by Gasteiger charge is -2.22. The third kappa shape index (κ3) is 65.5. The summed E-state index contributed by atoms with van der Waals surface area (Å²) in [5, 5.41) is 23.2. The van der Waals surface area contributed by atoms with E-state index < -0.39 is 12.1 Å². The zero-order valence-electron chi connectivity index (χ0n) is 54.3. The van der Waals surface area contributed by atoms with Crippen molar-refractivity contribution in [3.63, 3.8) is 0 Å². The summed E-state index contributed by atoms with van der Waals surface area (Å²) in [5.74, 6) is -0.0187. The molecule has 3 N–H and O–H groups in total. The van der Waals surface area contributed by atoms with Gasteiger partial charge in [-0.2, -0.15) is 0 Å². The lowest BCUT2D eigenvalue weighted by atomic mass is 10.0. The van der Waals surface area contributed by atoms with E-state index in [0.29, 0.717) is 25.9 Å². The van der Waals surface area contributed by atoms with E-state index in [4.69, 9.17) is 4.74 Å². The number of ether oxygens (including phenoxy) is 1. The van der Waals surface area contributed by atoms with Crippen molar-refractivity contribution in [2.24, 2.45) is 0 Å². The minimum atomic E-state index is -0.657. The van der Waals surface area contributed by atoms with Crippen molar-refractivity contribution in [1.82, 2.24) is 5.32 Å². The molecule has 0 rings (SSSR count). The summed E-state index contributed by atoms with van der Waals surface area (Å²) >= 11 is 0. The highest BCUT2D eigenvalue weighted by Gasteiger charge is 2.20. The van der Waals surface area contributed by atoms with Gasteiger partial charge in [-0.15, -0.1) is 0 Å². The van der Waals surface area contributed by atoms with E-state index in [1.165, 1.54) is 327 Å². The molecule has 0 aromatic rings. The van der Waals surface area contributed by atoms with E-state index in [0.717, 1.165) is 51.4 Å². The molecule has 474 valence electrons. The van der Waals surface area contributed by atoms with Gasteiger partial charge in [-0.3, -0.25) is 9.59 Å². The fraction of sp³-hybridized carbons (Fsp3) is 0.919. The Morgan fingerprint density at radius 2 is 0.637 bits per heavy atom. The van der Waals surface area contributed by atoms with Crippen LogP contribution in [0.25, 0.3) is 0 Å². The number of esters is 1. The third-order valence-corrected chi connectivity index (χ3v) is 17.3. The summed E-state index contributed by atoms with van der Waals surface area (Å²) in [7, 11) is 0. The quantitative estimate of drug-likeness (QED) is 0.0320. The van der Waals surface area contributed by atoms with Gasteiger partial charge in [0.2, 0.25) is 5.91 Å². The van der Waals surface area contributed by atoms with Crippen molar-refractivity contribution in [2.45, 2.75) is 424 Å². The topological polar surface area (TPSA) is 95.9 Å². The van der Waals surface area contributed by atoms with Gasteiger partial charge in [0.25, 0.3) is 0 Å². The van der Waals surface area contributed by atoms with Crippen LogP contribution in [0.4, 0.5) is 0 Å². The van der Waals surface area contributed by atoms with Crippen LogP contribution in [-0.2, 0) is 14.3 Å². The van der Waals surface area contributed by atoms with E-state index in [1.54, 1.807) is 0 Å². The van der Waals surface area contributed by atoms with Crippen LogP contribution in [0.2, 0.25) is 0 Å². The maximum absolute atomic E-state index is 12.5. The van der Waals surface area contributed by atoms with Crippen LogP contribution in [0.1, 0.15) is 412 Å². The Morgan fingerprint density at radius 3 is 0.988 bits per heavy atom. The molecule has 2 atom stereocenters. The van der Waals surface area contributed by atoms with Crippen LogP contribution >= 0.6 is 0 Å². The number of rotatable bonds is 69. The highest BCUT2D eigenvalue weighted by molar-refractivity contribution is 5.76.